The van der Waals surface area contributed by atoms with Gasteiger partial charge in [0.2, 0.25) is 0 Å². The lowest BCUT2D eigenvalue weighted by atomic mass is 10.1. The third-order valence-corrected chi connectivity index (χ3v) is 5.47. The van der Waals surface area contributed by atoms with Crippen molar-refractivity contribution in [1.82, 2.24) is 24.8 Å². The number of ether oxygens (including phenoxy) is 1. The van der Waals surface area contributed by atoms with E-state index in [9.17, 15) is 4.79 Å². The first-order valence-electron chi connectivity index (χ1n) is 11.1. The first kappa shape index (κ1) is 21.7. The summed E-state index contributed by atoms with van der Waals surface area (Å²) in [5, 5.41) is 4.27. The third-order valence-electron chi connectivity index (χ3n) is 5.47. The predicted octanol–water partition coefficient (Wildman–Crippen LogP) is 5.38. The van der Waals surface area contributed by atoms with Crippen molar-refractivity contribution < 1.29 is 13.9 Å². The summed E-state index contributed by atoms with van der Waals surface area (Å²) in [6.45, 7) is 6.72. The van der Waals surface area contributed by atoms with E-state index in [1.54, 1.807) is 11.1 Å². The number of nitrogens with one attached hydrogen (secondary N) is 2. The fourth-order valence-corrected chi connectivity index (χ4v) is 3.86. The zero-order chi connectivity index (χ0) is 23.7. The van der Waals surface area contributed by atoms with Crippen molar-refractivity contribution in [3.63, 3.8) is 0 Å². The maximum atomic E-state index is 12.3. The molecule has 0 fully saturated rings. The van der Waals surface area contributed by atoms with Gasteiger partial charge in [-0.15, -0.1) is 0 Å². The molecule has 0 unspecified atom stereocenters. The number of amides is 1. The summed E-state index contributed by atoms with van der Waals surface area (Å²) in [7, 11) is 0. The van der Waals surface area contributed by atoms with Crippen LogP contribution in [0.5, 0.6) is 0 Å². The third kappa shape index (κ3) is 4.63. The topological polar surface area (TPSA) is 109 Å². The van der Waals surface area contributed by atoms with Gasteiger partial charge < -0.3 is 24.4 Å². The molecule has 0 radical (unpaired) electrons. The van der Waals surface area contributed by atoms with Crippen molar-refractivity contribution in [3.05, 3.63) is 61.0 Å². The van der Waals surface area contributed by atoms with E-state index in [0.29, 0.717) is 24.7 Å². The Morgan fingerprint density at radius 2 is 2.12 bits per heavy atom. The molecule has 0 aliphatic carbocycles. The van der Waals surface area contributed by atoms with E-state index in [4.69, 9.17) is 9.15 Å². The molecule has 0 saturated heterocycles. The lowest BCUT2D eigenvalue weighted by Gasteiger charge is -2.29. The number of carbonyl (C=O) groups excluding carboxylic acids is 1. The van der Waals surface area contributed by atoms with Gasteiger partial charge in [0, 0.05) is 30.0 Å². The number of aromatic nitrogens is 4. The van der Waals surface area contributed by atoms with Crippen molar-refractivity contribution in [2.75, 3.05) is 18.4 Å². The van der Waals surface area contributed by atoms with Crippen LogP contribution in [0.3, 0.4) is 0 Å². The van der Waals surface area contributed by atoms with E-state index in [1.165, 1.54) is 12.7 Å². The van der Waals surface area contributed by atoms with Gasteiger partial charge in [-0.25, -0.2) is 19.7 Å². The Balaban J connectivity index is 1.36. The number of rotatable bonds is 4. The van der Waals surface area contributed by atoms with Crippen LogP contribution < -0.4 is 5.32 Å². The van der Waals surface area contributed by atoms with Gasteiger partial charge in [-0.2, -0.15) is 0 Å². The highest BCUT2D eigenvalue weighted by molar-refractivity contribution is 5.92. The van der Waals surface area contributed by atoms with E-state index >= 15 is 0 Å². The van der Waals surface area contributed by atoms with Crippen molar-refractivity contribution in [2.45, 2.75) is 32.8 Å². The summed E-state index contributed by atoms with van der Waals surface area (Å²) in [5.74, 6) is 1.40. The highest BCUT2D eigenvalue weighted by Gasteiger charge is 2.24. The van der Waals surface area contributed by atoms with Gasteiger partial charge in [-0.1, -0.05) is 18.2 Å². The number of H-pyrrole nitrogens is 1. The molecule has 1 amide bonds. The van der Waals surface area contributed by atoms with Gasteiger partial charge in [-0.3, -0.25) is 0 Å². The van der Waals surface area contributed by atoms with Gasteiger partial charge >= 0.3 is 6.09 Å². The second-order valence-corrected chi connectivity index (χ2v) is 9.14. The Morgan fingerprint density at radius 1 is 1.24 bits per heavy atom. The molecule has 5 rings (SSSR count). The summed E-state index contributed by atoms with van der Waals surface area (Å²) in [6.07, 6.45) is 7.12. The quantitative estimate of drug-likeness (QED) is 0.422. The summed E-state index contributed by atoms with van der Waals surface area (Å²) >= 11 is 0. The Labute approximate surface area is 196 Å². The highest BCUT2D eigenvalue weighted by Crippen LogP contribution is 2.30. The smallest absolute Gasteiger partial charge is 0.410 e. The predicted molar refractivity (Wildman–Crippen MR) is 130 cm³/mol. The number of aromatic amines is 1. The molecule has 4 aromatic rings. The number of hydrogen-bond donors (Lipinski definition) is 2. The Kier molecular flexibility index (Phi) is 5.53. The molecule has 0 atom stereocenters. The molecule has 0 spiro atoms. The van der Waals surface area contributed by atoms with E-state index in [2.05, 4.69) is 31.3 Å². The summed E-state index contributed by atoms with van der Waals surface area (Å²) in [4.78, 5) is 30.3. The molecule has 9 heteroatoms. The van der Waals surface area contributed by atoms with Gasteiger partial charge in [0.25, 0.3) is 0 Å². The normalized spacial score (nSPS) is 14.2. The van der Waals surface area contributed by atoms with Crippen LogP contribution in [0.2, 0.25) is 0 Å². The van der Waals surface area contributed by atoms with Crippen molar-refractivity contribution >= 4 is 34.2 Å². The van der Waals surface area contributed by atoms with Crippen LogP contribution >= 0.6 is 0 Å². The number of carbonyl (C=O) groups is 1. The van der Waals surface area contributed by atoms with Gasteiger partial charge in [0.15, 0.2) is 12.2 Å². The average Bonchev–Trinajstić information content (AvgIpc) is 3.49. The number of benzene rings is 1. The Hall–Kier alpha value is -4.14. The molecule has 174 valence electrons. The van der Waals surface area contributed by atoms with Crippen molar-refractivity contribution in [2.24, 2.45) is 0 Å². The molecule has 4 heterocycles. The SMILES string of the molecule is CC(C)(C)OC(=O)N1CC=C(c2cc3c(Nc4cccc(-c5cnco5)c4)ncnc3[nH]2)CC1. The maximum Gasteiger partial charge on any atom is 0.410 e. The van der Waals surface area contributed by atoms with Gasteiger partial charge in [0.1, 0.15) is 23.4 Å². The fourth-order valence-electron chi connectivity index (χ4n) is 3.86. The second-order valence-electron chi connectivity index (χ2n) is 9.14. The summed E-state index contributed by atoms with van der Waals surface area (Å²) < 4.78 is 10.9. The molecule has 1 aliphatic rings. The molecular weight excluding hydrogens is 432 g/mol. The first-order chi connectivity index (χ1) is 16.4. The Morgan fingerprint density at radius 3 is 2.85 bits per heavy atom. The van der Waals surface area contributed by atoms with Crippen LogP contribution in [0, 0.1) is 0 Å². The van der Waals surface area contributed by atoms with E-state index in [-0.39, 0.29) is 6.09 Å². The minimum atomic E-state index is -0.505. The van der Waals surface area contributed by atoms with Crippen LogP contribution in [0.4, 0.5) is 16.3 Å². The Bertz CT molecular complexity index is 1350. The zero-order valence-electron chi connectivity index (χ0n) is 19.3. The molecule has 1 aromatic carbocycles. The van der Waals surface area contributed by atoms with Crippen LogP contribution in [0.1, 0.15) is 32.9 Å². The average molecular weight is 459 g/mol. The number of oxazole rings is 1. The van der Waals surface area contributed by atoms with Crippen LogP contribution in [0.15, 0.2) is 59.7 Å². The largest absolute Gasteiger partial charge is 0.444 e. The van der Waals surface area contributed by atoms with Crippen LogP contribution in [-0.4, -0.2) is 49.6 Å². The van der Waals surface area contributed by atoms with Crippen molar-refractivity contribution in [1.29, 1.82) is 0 Å². The maximum absolute atomic E-state index is 12.3. The molecule has 34 heavy (non-hydrogen) atoms. The van der Waals surface area contributed by atoms with E-state index < -0.39 is 5.60 Å². The fraction of sp³-hybridized carbons (Fsp3) is 0.280. The van der Waals surface area contributed by atoms with Gasteiger partial charge in [-0.05, 0) is 51.0 Å². The van der Waals surface area contributed by atoms with Crippen LogP contribution in [0.25, 0.3) is 27.9 Å². The van der Waals surface area contributed by atoms with E-state index in [1.807, 2.05) is 51.1 Å². The monoisotopic (exact) mass is 458 g/mol. The number of fused-ring (bicyclic) bond motifs is 1. The first-order valence-corrected chi connectivity index (χ1v) is 11.1. The number of hydrogen-bond acceptors (Lipinski definition) is 7. The highest BCUT2D eigenvalue weighted by atomic mass is 16.6. The lowest BCUT2D eigenvalue weighted by molar-refractivity contribution is 0.0270. The molecule has 0 bridgehead atoms. The standard InChI is InChI=1S/C25H26N6O3/c1-25(2,3)34-24(32)31-9-7-16(8-10-31)20-12-19-22(27-14-28-23(19)30-20)29-18-6-4-5-17(11-18)21-13-26-15-33-21/h4-7,11-15H,8-10H2,1-3H3,(H2,27,28,29,30). The summed E-state index contributed by atoms with van der Waals surface area (Å²) in [6, 6.07) is 9.91. The second kappa shape index (κ2) is 8.66. The van der Waals surface area contributed by atoms with E-state index in [0.717, 1.165) is 40.0 Å². The number of nitrogens with zero attached hydrogens (tertiary/aromatic N) is 4. The minimum absolute atomic E-state index is 0.288. The van der Waals surface area contributed by atoms with Gasteiger partial charge in [0.05, 0.1) is 11.6 Å². The molecule has 9 nitrogen and oxygen atoms in total. The van der Waals surface area contributed by atoms with Crippen molar-refractivity contribution in [3.8, 4) is 11.3 Å². The summed E-state index contributed by atoms with van der Waals surface area (Å²) in [5.41, 5.74) is 4.14. The molecule has 0 saturated carbocycles. The molecule has 1 aliphatic heterocycles. The molecular formula is C25H26N6O3. The minimum Gasteiger partial charge on any atom is -0.444 e. The lowest BCUT2D eigenvalue weighted by Crippen LogP contribution is -2.39. The number of anilines is 2. The molecule has 3 aromatic heterocycles. The molecule has 2 N–H and O–H groups in total. The zero-order valence-corrected chi connectivity index (χ0v) is 19.3. The van der Waals surface area contributed by atoms with Crippen LogP contribution in [-0.2, 0) is 4.74 Å².